The standard InChI is InChI=1S/C32H28ClFN2O6S/c1-19-28(31(38)41-15-14-39-2)29(21-12-13-25(26(16-21)40-3)42-18-20-8-5-4-6-9-20)36-30(37)27(43-32(36)35-19)17-22-23(33)10-7-11-24(22)34/h4-13,16-17,29H,14-15,18H2,1-3H3/b27-17-. The number of thiazole rings is 1. The zero-order valence-electron chi connectivity index (χ0n) is 23.6. The van der Waals surface area contributed by atoms with Gasteiger partial charge in [-0.05, 0) is 48.4 Å². The molecule has 0 saturated carbocycles. The van der Waals surface area contributed by atoms with Crippen molar-refractivity contribution >= 4 is 35.0 Å². The maximum Gasteiger partial charge on any atom is 0.338 e. The molecule has 1 aliphatic heterocycles. The molecule has 2 heterocycles. The van der Waals surface area contributed by atoms with E-state index in [-0.39, 0.29) is 33.9 Å². The third-order valence-electron chi connectivity index (χ3n) is 6.78. The van der Waals surface area contributed by atoms with Gasteiger partial charge in [-0.2, -0.15) is 0 Å². The number of rotatable bonds is 10. The van der Waals surface area contributed by atoms with Crippen molar-refractivity contribution in [3.05, 3.63) is 125 Å². The molecule has 0 radical (unpaired) electrons. The first kappa shape index (κ1) is 30.2. The normalized spacial score (nSPS) is 14.7. The van der Waals surface area contributed by atoms with Gasteiger partial charge in [0.05, 0.1) is 40.6 Å². The number of carbonyl (C=O) groups excluding carboxylic acids is 1. The number of methoxy groups -OCH3 is 2. The minimum absolute atomic E-state index is 0.0185. The summed E-state index contributed by atoms with van der Waals surface area (Å²) in [6.45, 7) is 2.22. The van der Waals surface area contributed by atoms with Gasteiger partial charge in [0.15, 0.2) is 16.3 Å². The quantitative estimate of drug-likeness (QED) is 0.186. The highest BCUT2D eigenvalue weighted by molar-refractivity contribution is 7.07. The molecule has 0 amide bonds. The molecule has 0 fully saturated rings. The summed E-state index contributed by atoms with van der Waals surface area (Å²) in [7, 11) is 3.01. The molecule has 222 valence electrons. The van der Waals surface area contributed by atoms with Crippen molar-refractivity contribution < 1.29 is 28.1 Å². The lowest BCUT2D eigenvalue weighted by Gasteiger charge is -2.25. The van der Waals surface area contributed by atoms with E-state index in [2.05, 4.69) is 4.99 Å². The van der Waals surface area contributed by atoms with E-state index in [9.17, 15) is 14.0 Å². The Balaban J connectivity index is 1.62. The molecule has 0 spiro atoms. The van der Waals surface area contributed by atoms with Crippen LogP contribution in [0, 0.1) is 5.82 Å². The van der Waals surface area contributed by atoms with E-state index in [4.69, 9.17) is 30.5 Å². The average molecular weight is 623 g/mol. The van der Waals surface area contributed by atoms with Crippen LogP contribution >= 0.6 is 22.9 Å². The van der Waals surface area contributed by atoms with Crippen LogP contribution in [0.4, 0.5) is 4.39 Å². The number of fused-ring (bicyclic) bond motifs is 1. The Morgan fingerprint density at radius 2 is 1.86 bits per heavy atom. The zero-order valence-corrected chi connectivity index (χ0v) is 25.2. The number of esters is 1. The summed E-state index contributed by atoms with van der Waals surface area (Å²) in [6, 6.07) is 18.3. The van der Waals surface area contributed by atoms with Crippen molar-refractivity contribution in [2.45, 2.75) is 19.6 Å². The third-order valence-corrected chi connectivity index (χ3v) is 8.09. The molecule has 3 aromatic carbocycles. The SMILES string of the molecule is COCCOC(=O)C1=C(C)N=c2s/c(=C\c3c(F)cccc3Cl)c(=O)n2C1c1ccc(OCc2ccccc2)c(OC)c1. The number of carbonyl (C=O) groups is 1. The zero-order chi connectivity index (χ0) is 30.5. The largest absolute Gasteiger partial charge is 0.493 e. The molecule has 8 nitrogen and oxygen atoms in total. The van der Waals surface area contributed by atoms with Crippen LogP contribution in [0.5, 0.6) is 11.5 Å². The van der Waals surface area contributed by atoms with Gasteiger partial charge in [0, 0.05) is 12.7 Å². The second-order valence-electron chi connectivity index (χ2n) is 9.53. The number of ether oxygens (including phenoxy) is 4. The lowest BCUT2D eigenvalue weighted by atomic mass is 9.95. The van der Waals surface area contributed by atoms with Gasteiger partial charge < -0.3 is 18.9 Å². The van der Waals surface area contributed by atoms with Gasteiger partial charge in [-0.25, -0.2) is 14.2 Å². The van der Waals surface area contributed by atoms with Gasteiger partial charge in [-0.1, -0.05) is 65.4 Å². The number of halogens is 2. The van der Waals surface area contributed by atoms with E-state index < -0.39 is 23.4 Å². The minimum atomic E-state index is -0.915. The van der Waals surface area contributed by atoms with Crippen LogP contribution < -0.4 is 24.4 Å². The fourth-order valence-corrected chi connectivity index (χ4v) is 5.93. The fourth-order valence-electron chi connectivity index (χ4n) is 4.68. The Kier molecular flexibility index (Phi) is 9.40. The van der Waals surface area contributed by atoms with Crippen LogP contribution in [0.15, 0.2) is 87.8 Å². The Hall–Kier alpha value is -4.25. The lowest BCUT2D eigenvalue weighted by Crippen LogP contribution is -2.40. The molecule has 1 aliphatic rings. The number of nitrogens with zero attached hydrogens (tertiary/aromatic N) is 2. The number of allylic oxidation sites excluding steroid dienone is 1. The van der Waals surface area contributed by atoms with Gasteiger partial charge in [0.1, 0.15) is 19.0 Å². The first-order chi connectivity index (χ1) is 20.8. The van der Waals surface area contributed by atoms with Gasteiger partial charge in [0.2, 0.25) is 0 Å². The van der Waals surface area contributed by atoms with E-state index in [0.717, 1.165) is 16.9 Å². The molecular formula is C32H28ClFN2O6S. The molecule has 1 atom stereocenters. The highest BCUT2D eigenvalue weighted by atomic mass is 35.5. The summed E-state index contributed by atoms with van der Waals surface area (Å²) < 4.78 is 38.4. The van der Waals surface area contributed by atoms with Crippen LogP contribution in [0.1, 0.15) is 29.7 Å². The summed E-state index contributed by atoms with van der Waals surface area (Å²) in [5.41, 5.74) is 1.73. The van der Waals surface area contributed by atoms with Gasteiger partial charge in [0.25, 0.3) is 5.56 Å². The summed E-state index contributed by atoms with van der Waals surface area (Å²) in [5, 5.41) is 0.164. The Morgan fingerprint density at radius 3 is 2.58 bits per heavy atom. The van der Waals surface area contributed by atoms with E-state index in [1.165, 1.54) is 37.0 Å². The molecular weight excluding hydrogens is 595 g/mol. The van der Waals surface area contributed by atoms with Gasteiger partial charge in [-0.3, -0.25) is 9.36 Å². The Bertz CT molecular complexity index is 1850. The number of benzene rings is 3. The third kappa shape index (κ3) is 6.41. The number of hydrogen-bond donors (Lipinski definition) is 0. The molecule has 0 aliphatic carbocycles. The predicted octanol–water partition coefficient (Wildman–Crippen LogP) is 4.80. The van der Waals surface area contributed by atoms with Crippen molar-refractivity contribution in [3.8, 4) is 11.5 Å². The number of hydrogen-bond acceptors (Lipinski definition) is 8. The topological polar surface area (TPSA) is 88.4 Å². The second kappa shape index (κ2) is 13.4. The van der Waals surface area contributed by atoms with Crippen LogP contribution in [-0.4, -0.2) is 38.0 Å². The summed E-state index contributed by atoms with van der Waals surface area (Å²) in [5.74, 6) is -0.306. The van der Waals surface area contributed by atoms with Gasteiger partial charge in [-0.15, -0.1) is 0 Å². The molecule has 11 heteroatoms. The van der Waals surface area contributed by atoms with E-state index in [0.29, 0.717) is 34.2 Å². The van der Waals surface area contributed by atoms with Crippen molar-refractivity contribution in [3.63, 3.8) is 0 Å². The van der Waals surface area contributed by atoms with Crippen molar-refractivity contribution in [1.29, 1.82) is 0 Å². The summed E-state index contributed by atoms with van der Waals surface area (Å²) in [4.78, 5) is 32.2. The Labute approximate surface area is 255 Å². The highest BCUT2D eigenvalue weighted by Gasteiger charge is 2.34. The number of aromatic nitrogens is 1. The molecule has 43 heavy (non-hydrogen) atoms. The Morgan fingerprint density at radius 1 is 1.07 bits per heavy atom. The maximum absolute atomic E-state index is 14.6. The molecule has 0 N–H and O–H groups in total. The van der Waals surface area contributed by atoms with E-state index in [1.807, 2.05) is 30.3 Å². The highest BCUT2D eigenvalue weighted by Crippen LogP contribution is 2.36. The van der Waals surface area contributed by atoms with Crippen LogP contribution in [-0.2, 0) is 20.9 Å². The molecule has 4 aromatic rings. The van der Waals surface area contributed by atoms with Crippen molar-refractivity contribution in [1.82, 2.24) is 4.57 Å². The first-order valence-electron chi connectivity index (χ1n) is 13.3. The smallest absolute Gasteiger partial charge is 0.338 e. The van der Waals surface area contributed by atoms with E-state index in [1.54, 1.807) is 31.2 Å². The second-order valence-corrected chi connectivity index (χ2v) is 10.9. The monoisotopic (exact) mass is 622 g/mol. The molecule has 5 rings (SSSR count). The van der Waals surface area contributed by atoms with Crippen molar-refractivity contribution in [2.75, 3.05) is 27.4 Å². The van der Waals surface area contributed by atoms with Crippen molar-refractivity contribution in [2.24, 2.45) is 4.99 Å². The minimum Gasteiger partial charge on any atom is -0.493 e. The summed E-state index contributed by atoms with van der Waals surface area (Å²) in [6.07, 6.45) is 1.40. The average Bonchev–Trinajstić information content (AvgIpc) is 3.31. The van der Waals surface area contributed by atoms with Gasteiger partial charge >= 0.3 is 5.97 Å². The summed E-state index contributed by atoms with van der Waals surface area (Å²) >= 11 is 7.31. The lowest BCUT2D eigenvalue weighted by molar-refractivity contribution is -0.140. The van der Waals surface area contributed by atoms with Crippen LogP contribution in [0.3, 0.4) is 0 Å². The van der Waals surface area contributed by atoms with Crippen LogP contribution in [0.25, 0.3) is 6.08 Å². The molecule has 1 unspecified atom stereocenters. The maximum atomic E-state index is 14.6. The molecule has 0 saturated heterocycles. The molecule has 0 bridgehead atoms. The molecule has 1 aromatic heterocycles. The van der Waals surface area contributed by atoms with E-state index >= 15 is 0 Å². The predicted molar refractivity (Wildman–Crippen MR) is 162 cm³/mol. The fraction of sp³-hybridized carbons (Fsp3) is 0.219. The first-order valence-corrected chi connectivity index (χ1v) is 14.5. The van der Waals surface area contributed by atoms with Crippen LogP contribution in [0.2, 0.25) is 5.02 Å².